The number of rotatable bonds is 3. The summed E-state index contributed by atoms with van der Waals surface area (Å²) in [5.41, 5.74) is 0. The molecule has 0 spiro atoms. The van der Waals surface area contributed by atoms with Crippen molar-refractivity contribution in [1.29, 1.82) is 0 Å². The lowest BCUT2D eigenvalue weighted by molar-refractivity contribution is -0.141. The molecule has 2 aliphatic rings. The molecule has 15 heavy (non-hydrogen) atoms. The molecular formula is C10H18N2O3. The van der Waals surface area contributed by atoms with Crippen LogP contribution in [0.5, 0.6) is 0 Å². The van der Waals surface area contributed by atoms with Gasteiger partial charge in [0.1, 0.15) is 0 Å². The fourth-order valence-corrected chi connectivity index (χ4v) is 1.93. The summed E-state index contributed by atoms with van der Waals surface area (Å²) in [5.74, 6) is 0.705. The number of nitrogens with one attached hydrogen (secondary N) is 1. The van der Waals surface area contributed by atoms with Crippen LogP contribution in [0.2, 0.25) is 0 Å². The maximum atomic E-state index is 11.8. The Morgan fingerprint density at radius 2 is 2.33 bits per heavy atom. The molecule has 2 saturated heterocycles. The second kappa shape index (κ2) is 4.92. The summed E-state index contributed by atoms with van der Waals surface area (Å²) < 4.78 is 5.30. The molecule has 2 rings (SSSR count). The third-order valence-corrected chi connectivity index (χ3v) is 3.02. The highest BCUT2D eigenvalue weighted by atomic mass is 16.5. The summed E-state index contributed by atoms with van der Waals surface area (Å²) in [7, 11) is 0. The maximum absolute atomic E-state index is 11.8. The molecule has 0 aromatic carbocycles. The molecule has 0 aromatic heterocycles. The quantitative estimate of drug-likeness (QED) is 0.620. The number of ether oxygens (including phenoxy) is 1. The summed E-state index contributed by atoms with van der Waals surface area (Å²) in [6, 6.07) is 0. The normalized spacial score (nSPS) is 27.5. The van der Waals surface area contributed by atoms with Gasteiger partial charge in [0, 0.05) is 19.5 Å². The lowest BCUT2D eigenvalue weighted by atomic mass is 9.98. The zero-order chi connectivity index (χ0) is 10.7. The minimum Gasteiger partial charge on any atom is -0.394 e. The monoisotopic (exact) mass is 214 g/mol. The zero-order valence-electron chi connectivity index (χ0n) is 8.82. The van der Waals surface area contributed by atoms with Gasteiger partial charge in [0.15, 0.2) is 0 Å². The Kier molecular flexibility index (Phi) is 3.56. The molecule has 0 radical (unpaired) electrons. The largest absolute Gasteiger partial charge is 0.394 e. The van der Waals surface area contributed by atoms with Crippen LogP contribution in [0.1, 0.15) is 6.42 Å². The van der Waals surface area contributed by atoms with Gasteiger partial charge in [0.25, 0.3) is 0 Å². The Morgan fingerprint density at radius 1 is 1.53 bits per heavy atom. The summed E-state index contributed by atoms with van der Waals surface area (Å²) in [4.78, 5) is 13.6. The van der Waals surface area contributed by atoms with Gasteiger partial charge in [-0.3, -0.25) is 4.79 Å². The van der Waals surface area contributed by atoms with Crippen molar-refractivity contribution in [2.24, 2.45) is 5.92 Å². The van der Waals surface area contributed by atoms with E-state index in [4.69, 9.17) is 9.84 Å². The van der Waals surface area contributed by atoms with Gasteiger partial charge in [0.05, 0.1) is 19.3 Å². The lowest BCUT2D eigenvalue weighted by Gasteiger charge is -2.34. The van der Waals surface area contributed by atoms with Crippen molar-refractivity contribution < 1.29 is 14.6 Å². The predicted molar refractivity (Wildman–Crippen MR) is 54.4 cm³/mol. The second-order valence-electron chi connectivity index (χ2n) is 4.24. The standard InChI is InChI=1S/C10H18N2O3/c13-7-9-6-12(1-2-15-9)10(14)3-8-4-11-5-8/h8-9,11,13H,1-7H2. The average Bonchev–Trinajstić information content (AvgIpc) is 2.23. The van der Waals surface area contributed by atoms with Crippen molar-refractivity contribution >= 4 is 5.91 Å². The molecule has 86 valence electrons. The molecule has 2 aliphatic heterocycles. The van der Waals surface area contributed by atoms with Crippen LogP contribution in [0.4, 0.5) is 0 Å². The van der Waals surface area contributed by atoms with E-state index in [1.165, 1.54) is 0 Å². The van der Waals surface area contributed by atoms with Crippen LogP contribution in [0.3, 0.4) is 0 Å². The molecule has 0 aliphatic carbocycles. The third-order valence-electron chi connectivity index (χ3n) is 3.02. The smallest absolute Gasteiger partial charge is 0.223 e. The molecule has 0 saturated carbocycles. The van der Waals surface area contributed by atoms with Gasteiger partial charge in [-0.05, 0) is 19.0 Å². The van der Waals surface area contributed by atoms with Gasteiger partial charge in [-0.2, -0.15) is 0 Å². The van der Waals surface area contributed by atoms with Gasteiger partial charge in [-0.15, -0.1) is 0 Å². The van der Waals surface area contributed by atoms with Crippen molar-refractivity contribution in [3.8, 4) is 0 Å². The molecule has 0 bridgehead atoms. The number of aliphatic hydroxyl groups excluding tert-OH is 1. The SMILES string of the molecule is O=C(CC1CNC1)N1CCOC(CO)C1. The van der Waals surface area contributed by atoms with Crippen LogP contribution in [0, 0.1) is 5.92 Å². The fourth-order valence-electron chi connectivity index (χ4n) is 1.93. The molecule has 5 heteroatoms. The van der Waals surface area contributed by atoms with Crippen LogP contribution in [0.25, 0.3) is 0 Å². The summed E-state index contributed by atoms with van der Waals surface area (Å²) in [6.07, 6.45) is 0.438. The van der Waals surface area contributed by atoms with E-state index in [9.17, 15) is 4.79 Å². The number of hydrogen-bond acceptors (Lipinski definition) is 4. The van der Waals surface area contributed by atoms with E-state index < -0.39 is 0 Å². The number of carbonyl (C=O) groups excluding carboxylic acids is 1. The van der Waals surface area contributed by atoms with Crippen LogP contribution in [-0.4, -0.2) is 61.4 Å². The predicted octanol–water partition coefficient (Wildman–Crippen LogP) is -1.18. The van der Waals surface area contributed by atoms with E-state index in [0.29, 0.717) is 32.0 Å². The van der Waals surface area contributed by atoms with Gasteiger partial charge in [-0.1, -0.05) is 0 Å². The van der Waals surface area contributed by atoms with E-state index >= 15 is 0 Å². The Balaban J connectivity index is 1.78. The van der Waals surface area contributed by atoms with Crippen molar-refractivity contribution in [3.05, 3.63) is 0 Å². The number of amides is 1. The van der Waals surface area contributed by atoms with Crippen molar-refractivity contribution in [1.82, 2.24) is 10.2 Å². The summed E-state index contributed by atoms with van der Waals surface area (Å²) >= 11 is 0. The topological polar surface area (TPSA) is 61.8 Å². The number of hydrogen-bond donors (Lipinski definition) is 2. The molecule has 2 N–H and O–H groups in total. The number of aliphatic hydroxyl groups is 1. The highest BCUT2D eigenvalue weighted by Crippen LogP contribution is 2.13. The van der Waals surface area contributed by atoms with Crippen LogP contribution < -0.4 is 5.32 Å². The van der Waals surface area contributed by atoms with E-state index in [1.807, 2.05) is 4.90 Å². The minimum absolute atomic E-state index is 0.00519. The highest BCUT2D eigenvalue weighted by molar-refractivity contribution is 5.76. The second-order valence-corrected chi connectivity index (χ2v) is 4.24. The van der Waals surface area contributed by atoms with E-state index in [-0.39, 0.29) is 18.6 Å². The van der Waals surface area contributed by atoms with Crippen LogP contribution in [0.15, 0.2) is 0 Å². The number of morpholine rings is 1. The molecule has 1 atom stereocenters. The summed E-state index contributed by atoms with van der Waals surface area (Å²) in [5, 5.41) is 12.1. The van der Waals surface area contributed by atoms with Crippen LogP contribution in [-0.2, 0) is 9.53 Å². The van der Waals surface area contributed by atoms with Crippen molar-refractivity contribution in [2.75, 3.05) is 39.4 Å². The van der Waals surface area contributed by atoms with E-state index in [0.717, 1.165) is 13.1 Å². The maximum Gasteiger partial charge on any atom is 0.223 e. The Labute approximate surface area is 89.4 Å². The Bertz CT molecular complexity index is 231. The molecule has 0 aromatic rings. The minimum atomic E-state index is -0.192. The van der Waals surface area contributed by atoms with Crippen LogP contribution >= 0.6 is 0 Å². The third kappa shape index (κ3) is 2.68. The number of carbonyl (C=O) groups is 1. The van der Waals surface area contributed by atoms with Gasteiger partial charge >= 0.3 is 0 Å². The lowest BCUT2D eigenvalue weighted by Crippen LogP contribution is -2.50. The molecule has 5 nitrogen and oxygen atoms in total. The van der Waals surface area contributed by atoms with Crippen molar-refractivity contribution in [2.45, 2.75) is 12.5 Å². The van der Waals surface area contributed by atoms with Gasteiger partial charge < -0.3 is 20.1 Å². The first kappa shape index (κ1) is 10.9. The average molecular weight is 214 g/mol. The Hall–Kier alpha value is -0.650. The van der Waals surface area contributed by atoms with Gasteiger partial charge in [0.2, 0.25) is 5.91 Å². The number of nitrogens with zero attached hydrogens (tertiary/aromatic N) is 1. The molecule has 1 amide bonds. The Morgan fingerprint density at radius 3 is 2.93 bits per heavy atom. The van der Waals surface area contributed by atoms with Gasteiger partial charge in [-0.25, -0.2) is 0 Å². The first-order chi connectivity index (χ1) is 7.29. The first-order valence-electron chi connectivity index (χ1n) is 5.50. The molecular weight excluding hydrogens is 196 g/mol. The van der Waals surface area contributed by atoms with E-state index in [2.05, 4.69) is 5.32 Å². The first-order valence-corrected chi connectivity index (χ1v) is 5.50. The zero-order valence-corrected chi connectivity index (χ0v) is 8.82. The summed E-state index contributed by atoms with van der Waals surface area (Å²) in [6.45, 7) is 3.65. The molecule has 2 heterocycles. The van der Waals surface area contributed by atoms with E-state index in [1.54, 1.807) is 0 Å². The highest BCUT2D eigenvalue weighted by Gasteiger charge is 2.27. The fraction of sp³-hybridized carbons (Fsp3) is 0.900. The molecule has 1 unspecified atom stereocenters. The van der Waals surface area contributed by atoms with Crippen molar-refractivity contribution in [3.63, 3.8) is 0 Å². The molecule has 2 fully saturated rings.